The quantitative estimate of drug-likeness (QED) is 0.737. The lowest BCUT2D eigenvalue weighted by Gasteiger charge is -2.11. The summed E-state index contributed by atoms with van der Waals surface area (Å²) in [5, 5.41) is 2.78. The summed E-state index contributed by atoms with van der Waals surface area (Å²) in [5.74, 6) is 0.407. The zero-order valence-corrected chi connectivity index (χ0v) is 9.98. The van der Waals surface area contributed by atoms with Gasteiger partial charge < -0.3 is 15.8 Å². The summed E-state index contributed by atoms with van der Waals surface area (Å²) < 4.78 is 5.37. The van der Waals surface area contributed by atoms with Crippen molar-refractivity contribution in [1.82, 2.24) is 0 Å². The second kappa shape index (κ2) is 6.70. The van der Waals surface area contributed by atoms with E-state index in [-0.39, 0.29) is 11.8 Å². The van der Waals surface area contributed by atoms with Gasteiger partial charge in [-0.1, -0.05) is 25.6 Å². The van der Waals surface area contributed by atoms with Crippen molar-refractivity contribution >= 4 is 11.6 Å². The van der Waals surface area contributed by atoms with Crippen LogP contribution in [0.4, 0.5) is 5.69 Å². The summed E-state index contributed by atoms with van der Waals surface area (Å²) >= 11 is 0. The third-order valence-electron chi connectivity index (χ3n) is 2.27. The van der Waals surface area contributed by atoms with Gasteiger partial charge in [0.1, 0.15) is 12.4 Å². The minimum Gasteiger partial charge on any atom is -0.489 e. The molecule has 92 valence electrons. The monoisotopic (exact) mass is 234 g/mol. The Hall–Kier alpha value is -1.81. The molecule has 1 amide bonds. The maximum Gasteiger partial charge on any atom is 0.228 e. The number of carbonyl (C=O) groups excluding carboxylic acids is 1. The van der Waals surface area contributed by atoms with Crippen molar-refractivity contribution in [2.45, 2.75) is 6.92 Å². The SMILES string of the molecule is C=CCOc1cccc(NC(=O)C(C)CN)c1. The van der Waals surface area contributed by atoms with E-state index in [4.69, 9.17) is 10.5 Å². The zero-order valence-electron chi connectivity index (χ0n) is 9.98. The van der Waals surface area contributed by atoms with Crippen LogP contribution in [0, 0.1) is 5.92 Å². The van der Waals surface area contributed by atoms with Crippen molar-refractivity contribution in [1.29, 1.82) is 0 Å². The van der Waals surface area contributed by atoms with Gasteiger partial charge >= 0.3 is 0 Å². The first-order valence-corrected chi connectivity index (χ1v) is 5.52. The van der Waals surface area contributed by atoms with Crippen LogP contribution in [0.1, 0.15) is 6.92 Å². The largest absolute Gasteiger partial charge is 0.489 e. The smallest absolute Gasteiger partial charge is 0.228 e. The number of amides is 1. The molecule has 0 aliphatic rings. The predicted octanol–water partition coefficient (Wildman–Crippen LogP) is 1.78. The number of rotatable bonds is 6. The lowest BCUT2D eigenvalue weighted by molar-refractivity contribution is -0.119. The van der Waals surface area contributed by atoms with Gasteiger partial charge in [0.2, 0.25) is 5.91 Å². The number of benzene rings is 1. The molecule has 0 aromatic heterocycles. The molecule has 4 heteroatoms. The Morgan fingerprint density at radius 3 is 3.06 bits per heavy atom. The summed E-state index contributed by atoms with van der Waals surface area (Å²) in [7, 11) is 0. The van der Waals surface area contributed by atoms with E-state index in [0.29, 0.717) is 24.6 Å². The van der Waals surface area contributed by atoms with Gasteiger partial charge in [-0.05, 0) is 12.1 Å². The molecule has 0 fully saturated rings. The molecular weight excluding hydrogens is 216 g/mol. The topological polar surface area (TPSA) is 64.3 Å². The van der Waals surface area contributed by atoms with Gasteiger partial charge in [-0.25, -0.2) is 0 Å². The molecule has 1 atom stereocenters. The highest BCUT2D eigenvalue weighted by Gasteiger charge is 2.10. The third-order valence-corrected chi connectivity index (χ3v) is 2.27. The maximum atomic E-state index is 11.6. The van der Waals surface area contributed by atoms with Crippen molar-refractivity contribution in [2.75, 3.05) is 18.5 Å². The maximum absolute atomic E-state index is 11.6. The molecule has 1 aromatic carbocycles. The van der Waals surface area contributed by atoms with E-state index < -0.39 is 0 Å². The normalized spacial score (nSPS) is 11.6. The van der Waals surface area contributed by atoms with Crippen molar-refractivity contribution in [3.8, 4) is 5.75 Å². The highest BCUT2D eigenvalue weighted by molar-refractivity contribution is 5.92. The molecule has 0 spiro atoms. The number of ether oxygens (including phenoxy) is 1. The van der Waals surface area contributed by atoms with Crippen molar-refractivity contribution < 1.29 is 9.53 Å². The van der Waals surface area contributed by atoms with Gasteiger partial charge in [-0.3, -0.25) is 4.79 Å². The fraction of sp³-hybridized carbons (Fsp3) is 0.308. The Bertz CT molecular complexity index is 391. The van der Waals surface area contributed by atoms with Crippen LogP contribution in [0.25, 0.3) is 0 Å². The van der Waals surface area contributed by atoms with Crippen LogP contribution in [0.15, 0.2) is 36.9 Å². The van der Waals surface area contributed by atoms with E-state index in [9.17, 15) is 4.79 Å². The molecule has 1 unspecified atom stereocenters. The summed E-state index contributed by atoms with van der Waals surface area (Å²) in [5.41, 5.74) is 6.13. The fourth-order valence-electron chi connectivity index (χ4n) is 1.19. The van der Waals surface area contributed by atoms with E-state index in [1.807, 2.05) is 18.2 Å². The second-order valence-electron chi connectivity index (χ2n) is 3.75. The van der Waals surface area contributed by atoms with Crippen LogP contribution in [-0.4, -0.2) is 19.1 Å². The highest BCUT2D eigenvalue weighted by Crippen LogP contribution is 2.17. The van der Waals surface area contributed by atoms with Crippen molar-refractivity contribution in [3.05, 3.63) is 36.9 Å². The molecule has 0 saturated carbocycles. The molecule has 3 N–H and O–H groups in total. The first-order valence-electron chi connectivity index (χ1n) is 5.52. The van der Waals surface area contributed by atoms with E-state index in [2.05, 4.69) is 11.9 Å². The van der Waals surface area contributed by atoms with Gasteiger partial charge in [0.05, 0.1) is 0 Å². The summed E-state index contributed by atoms with van der Waals surface area (Å²) in [4.78, 5) is 11.6. The molecular formula is C13H18N2O2. The molecule has 0 radical (unpaired) electrons. The molecule has 0 heterocycles. The van der Waals surface area contributed by atoms with Crippen LogP contribution in [0.3, 0.4) is 0 Å². The third kappa shape index (κ3) is 4.28. The number of nitrogens with two attached hydrogens (primary N) is 1. The van der Waals surface area contributed by atoms with Gasteiger partial charge in [0.15, 0.2) is 0 Å². The minimum atomic E-state index is -0.201. The summed E-state index contributed by atoms with van der Waals surface area (Å²) in [6.07, 6.45) is 1.67. The van der Waals surface area contributed by atoms with Gasteiger partial charge in [0, 0.05) is 24.2 Å². The lowest BCUT2D eigenvalue weighted by Crippen LogP contribution is -2.26. The number of hydrogen-bond acceptors (Lipinski definition) is 3. The molecule has 4 nitrogen and oxygen atoms in total. The zero-order chi connectivity index (χ0) is 12.7. The summed E-state index contributed by atoms with van der Waals surface area (Å²) in [6, 6.07) is 7.22. The minimum absolute atomic E-state index is 0.0895. The number of anilines is 1. The first-order chi connectivity index (χ1) is 8.17. The number of hydrogen-bond donors (Lipinski definition) is 2. The molecule has 0 aliphatic heterocycles. The average molecular weight is 234 g/mol. The highest BCUT2D eigenvalue weighted by atomic mass is 16.5. The Balaban J connectivity index is 2.65. The standard InChI is InChI=1S/C13H18N2O2/c1-3-7-17-12-6-4-5-11(8-12)15-13(16)10(2)9-14/h3-6,8,10H,1,7,9,14H2,2H3,(H,15,16). The van der Waals surface area contributed by atoms with Gasteiger partial charge in [-0.2, -0.15) is 0 Å². The van der Waals surface area contributed by atoms with E-state index in [0.717, 1.165) is 0 Å². The Morgan fingerprint density at radius 1 is 1.65 bits per heavy atom. The molecule has 0 saturated heterocycles. The second-order valence-corrected chi connectivity index (χ2v) is 3.75. The van der Waals surface area contributed by atoms with Crippen LogP contribution in [0.2, 0.25) is 0 Å². The van der Waals surface area contributed by atoms with Gasteiger partial charge in [0.25, 0.3) is 0 Å². The number of nitrogens with one attached hydrogen (secondary N) is 1. The van der Waals surface area contributed by atoms with Crippen LogP contribution < -0.4 is 15.8 Å². The Labute approximate surface area is 101 Å². The van der Waals surface area contributed by atoms with Crippen LogP contribution >= 0.6 is 0 Å². The van der Waals surface area contributed by atoms with E-state index in [1.165, 1.54) is 0 Å². The molecule has 0 aliphatic carbocycles. The fourth-order valence-corrected chi connectivity index (χ4v) is 1.19. The molecule has 0 bridgehead atoms. The van der Waals surface area contributed by atoms with Crippen LogP contribution in [0.5, 0.6) is 5.75 Å². The Kier molecular flexibility index (Phi) is 5.23. The lowest BCUT2D eigenvalue weighted by atomic mass is 10.1. The first kappa shape index (κ1) is 13.3. The molecule has 1 aromatic rings. The van der Waals surface area contributed by atoms with Crippen molar-refractivity contribution in [3.63, 3.8) is 0 Å². The molecule has 1 rings (SSSR count). The average Bonchev–Trinajstić information content (AvgIpc) is 2.35. The van der Waals surface area contributed by atoms with E-state index in [1.54, 1.807) is 19.1 Å². The van der Waals surface area contributed by atoms with E-state index >= 15 is 0 Å². The molecule has 17 heavy (non-hydrogen) atoms. The number of carbonyl (C=O) groups is 1. The van der Waals surface area contributed by atoms with Crippen molar-refractivity contribution in [2.24, 2.45) is 11.7 Å². The summed E-state index contributed by atoms with van der Waals surface area (Å²) in [6.45, 7) is 6.13. The van der Waals surface area contributed by atoms with Crippen LogP contribution in [-0.2, 0) is 4.79 Å². The predicted molar refractivity (Wildman–Crippen MR) is 69.0 cm³/mol. The Morgan fingerprint density at radius 2 is 2.41 bits per heavy atom. The van der Waals surface area contributed by atoms with Gasteiger partial charge in [-0.15, -0.1) is 0 Å².